The zero-order chi connectivity index (χ0) is 34.3. The molecular formula is C36H39BrFN7O4. The zero-order valence-electron chi connectivity index (χ0n) is 27.7. The average molecular weight is 733 g/mol. The Balaban J connectivity index is 1.08. The highest BCUT2D eigenvalue weighted by molar-refractivity contribution is 9.10. The minimum atomic E-state index is -0.903. The predicted molar refractivity (Wildman–Crippen MR) is 183 cm³/mol. The number of aryl methyl sites for hydroxylation is 1. The van der Waals surface area contributed by atoms with Crippen molar-refractivity contribution < 1.29 is 23.5 Å². The number of anilines is 1. The topological polar surface area (TPSA) is 115 Å². The van der Waals surface area contributed by atoms with Gasteiger partial charge in [0.1, 0.15) is 17.5 Å². The molecule has 2 aromatic carbocycles. The number of piperidine rings is 2. The van der Waals surface area contributed by atoms with Gasteiger partial charge in [-0.2, -0.15) is 5.10 Å². The number of aromatic nitrogens is 5. The van der Waals surface area contributed by atoms with Gasteiger partial charge in [-0.25, -0.2) is 13.8 Å². The van der Waals surface area contributed by atoms with Gasteiger partial charge in [0.2, 0.25) is 0 Å². The fourth-order valence-electron chi connectivity index (χ4n) is 7.58. The van der Waals surface area contributed by atoms with E-state index >= 15 is 0 Å². The number of ether oxygens (including phenoxy) is 1. The molecule has 13 heteroatoms. The molecule has 7 rings (SSSR count). The normalized spacial score (nSPS) is 18.9. The SMILES string of the molecule is CCOC(=O)C1(Cc2cn(C3CCCN(c4ccc(Br)cc4)C3=O)nn2)CCN(C(=O)c2nn(-c3c(C)cccc3F)c3c2CCC3)CC1. The number of rotatable bonds is 8. The number of nitrogens with zero attached hydrogens (tertiary/aromatic N) is 7. The number of fused-ring (bicyclic) bond motifs is 1. The van der Waals surface area contributed by atoms with Gasteiger partial charge in [0.15, 0.2) is 5.69 Å². The number of hydrogen-bond donors (Lipinski definition) is 0. The summed E-state index contributed by atoms with van der Waals surface area (Å²) in [7, 11) is 0. The number of para-hydroxylation sites is 1. The van der Waals surface area contributed by atoms with Crippen LogP contribution in [0, 0.1) is 18.2 Å². The summed E-state index contributed by atoms with van der Waals surface area (Å²) in [5.41, 5.74) is 3.77. The highest BCUT2D eigenvalue weighted by atomic mass is 79.9. The van der Waals surface area contributed by atoms with E-state index in [4.69, 9.17) is 4.74 Å². The third-order valence-corrected chi connectivity index (χ3v) is 10.7. The van der Waals surface area contributed by atoms with E-state index in [1.54, 1.807) is 38.4 Å². The van der Waals surface area contributed by atoms with Gasteiger partial charge in [-0.3, -0.25) is 14.4 Å². The molecule has 2 saturated heterocycles. The summed E-state index contributed by atoms with van der Waals surface area (Å²) in [6.07, 6.45) is 6.58. The molecule has 2 aromatic heterocycles. The Kier molecular flexibility index (Phi) is 9.12. The van der Waals surface area contributed by atoms with Crippen LogP contribution in [-0.4, -0.2) is 73.7 Å². The molecule has 0 saturated carbocycles. The van der Waals surface area contributed by atoms with Gasteiger partial charge in [-0.05, 0) is 94.7 Å². The lowest BCUT2D eigenvalue weighted by molar-refractivity contribution is -0.158. The summed E-state index contributed by atoms with van der Waals surface area (Å²) in [6.45, 7) is 5.14. The van der Waals surface area contributed by atoms with Gasteiger partial charge < -0.3 is 14.5 Å². The lowest BCUT2D eigenvalue weighted by Crippen LogP contribution is -2.48. The van der Waals surface area contributed by atoms with Gasteiger partial charge in [0, 0.05) is 53.7 Å². The lowest BCUT2D eigenvalue weighted by atomic mass is 9.74. The van der Waals surface area contributed by atoms with Gasteiger partial charge >= 0.3 is 5.97 Å². The summed E-state index contributed by atoms with van der Waals surface area (Å²) in [4.78, 5) is 44.6. The number of halogens is 2. The van der Waals surface area contributed by atoms with Crippen molar-refractivity contribution in [2.75, 3.05) is 31.1 Å². The molecule has 1 unspecified atom stereocenters. The second-order valence-corrected chi connectivity index (χ2v) is 14.1. The van der Waals surface area contributed by atoms with Gasteiger partial charge in [0.25, 0.3) is 11.8 Å². The van der Waals surface area contributed by atoms with E-state index in [1.165, 1.54) is 6.07 Å². The second kappa shape index (κ2) is 13.5. The molecule has 0 bridgehead atoms. The van der Waals surface area contributed by atoms with Crippen molar-refractivity contribution in [2.24, 2.45) is 5.41 Å². The third kappa shape index (κ3) is 6.17. The number of carbonyl (C=O) groups excluding carboxylic acids is 3. The molecule has 2 aliphatic heterocycles. The van der Waals surface area contributed by atoms with Crippen molar-refractivity contribution in [3.8, 4) is 5.69 Å². The Morgan fingerprint density at radius 1 is 1.06 bits per heavy atom. The van der Waals surface area contributed by atoms with E-state index in [-0.39, 0.29) is 36.6 Å². The Morgan fingerprint density at radius 3 is 2.57 bits per heavy atom. The summed E-state index contributed by atoms with van der Waals surface area (Å²) in [5, 5.41) is 13.4. The average Bonchev–Trinajstić information content (AvgIpc) is 3.84. The van der Waals surface area contributed by atoms with Gasteiger partial charge in [0.05, 0.1) is 17.7 Å². The Hall–Kier alpha value is -4.39. The monoisotopic (exact) mass is 731 g/mol. The van der Waals surface area contributed by atoms with E-state index in [0.29, 0.717) is 62.4 Å². The van der Waals surface area contributed by atoms with Crippen molar-refractivity contribution in [2.45, 2.75) is 71.3 Å². The van der Waals surface area contributed by atoms with E-state index < -0.39 is 11.5 Å². The Bertz CT molecular complexity index is 1880. The maximum absolute atomic E-state index is 15.0. The van der Waals surface area contributed by atoms with Gasteiger partial charge in [-0.1, -0.05) is 33.3 Å². The van der Waals surface area contributed by atoms with Crippen molar-refractivity contribution in [3.63, 3.8) is 0 Å². The number of amides is 2. The molecule has 0 radical (unpaired) electrons. The highest BCUT2D eigenvalue weighted by Gasteiger charge is 2.45. The standard InChI is InChI=1S/C36H39BrFN7O4/c1-3-49-35(48)36(21-25-22-44(41-39-25)30-11-6-18-43(33(30)46)26-14-12-24(37)13-15-26)16-19-42(20-17-36)34(47)31-27-8-5-10-29(27)45(40-31)32-23(2)7-4-9-28(32)38/h4,7,9,12-15,22,30H,3,5-6,8,10-11,16-21H2,1-2H3. The van der Waals surface area contributed by atoms with E-state index in [2.05, 4.69) is 31.3 Å². The van der Waals surface area contributed by atoms with E-state index in [0.717, 1.165) is 46.2 Å². The molecule has 0 N–H and O–H groups in total. The second-order valence-electron chi connectivity index (χ2n) is 13.2. The highest BCUT2D eigenvalue weighted by Crippen LogP contribution is 2.38. The number of esters is 1. The van der Waals surface area contributed by atoms with Crippen LogP contribution in [0.5, 0.6) is 0 Å². The van der Waals surface area contributed by atoms with Crippen LogP contribution >= 0.6 is 15.9 Å². The van der Waals surface area contributed by atoms with Crippen molar-refractivity contribution in [1.29, 1.82) is 0 Å². The molecule has 3 aliphatic rings. The van der Waals surface area contributed by atoms with E-state index in [9.17, 15) is 18.8 Å². The molecule has 256 valence electrons. The lowest BCUT2D eigenvalue weighted by Gasteiger charge is -2.39. The summed E-state index contributed by atoms with van der Waals surface area (Å²) < 4.78 is 24.7. The van der Waals surface area contributed by atoms with Gasteiger partial charge in [-0.15, -0.1) is 5.10 Å². The van der Waals surface area contributed by atoms with Crippen LogP contribution in [0.25, 0.3) is 5.69 Å². The maximum Gasteiger partial charge on any atom is 0.312 e. The largest absolute Gasteiger partial charge is 0.466 e. The van der Waals surface area contributed by atoms with Crippen molar-refractivity contribution >= 4 is 39.4 Å². The van der Waals surface area contributed by atoms with Crippen LogP contribution in [0.15, 0.2) is 53.1 Å². The fraction of sp³-hybridized carbons (Fsp3) is 0.444. The molecule has 4 aromatic rings. The number of carbonyl (C=O) groups is 3. The van der Waals surface area contributed by atoms with Crippen LogP contribution in [0.4, 0.5) is 10.1 Å². The smallest absolute Gasteiger partial charge is 0.312 e. The molecule has 49 heavy (non-hydrogen) atoms. The van der Waals surface area contributed by atoms with Crippen molar-refractivity contribution in [1.82, 2.24) is 29.7 Å². The molecule has 2 fully saturated rings. The van der Waals surface area contributed by atoms with Crippen LogP contribution < -0.4 is 4.90 Å². The minimum absolute atomic E-state index is 0.0453. The van der Waals surface area contributed by atoms with E-state index in [1.807, 2.05) is 37.3 Å². The minimum Gasteiger partial charge on any atom is -0.466 e. The first-order valence-corrected chi connectivity index (χ1v) is 17.8. The van der Waals surface area contributed by atoms with Crippen LogP contribution in [0.1, 0.15) is 78.1 Å². The first-order valence-electron chi connectivity index (χ1n) is 17.0. The number of likely N-dealkylation sites (tertiary alicyclic amines) is 1. The van der Waals surface area contributed by atoms with Crippen molar-refractivity contribution in [3.05, 3.63) is 87.2 Å². The van der Waals surface area contributed by atoms with Crippen LogP contribution in [0.3, 0.4) is 0 Å². The van der Waals surface area contributed by atoms with Crippen LogP contribution in [-0.2, 0) is 33.6 Å². The first-order chi connectivity index (χ1) is 23.7. The molecule has 2 amide bonds. The number of benzene rings is 2. The zero-order valence-corrected chi connectivity index (χ0v) is 29.3. The molecule has 4 heterocycles. The third-order valence-electron chi connectivity index (χ3n) is 10.2. The summed E-state index contributed by atoms with van der Waals surface area (Å²) >= 11 is 3.45. The first kappa shape index (κ1) is 33.1. The Morgan fingerprint density at radius 2 is 1.84 bits per heavy atom. The quantitative estimate of drug-likeness (QED) is 0.218. The Labute approximate surface area is 292 Å². The number of hydrogen-bond acceptors (Lipinski definition) is 7. The molecule has 1 aliphatic carbocycles. The fourth-order valence-corrected chi connectivity index (χ4v) is 7.85. The molecule has 11 nitrogen and oxygen atoms in total. The predicted octanol–water partition coefficient (Wildman–Crippen LogP) is 5.56. The van der Waals surface area contributed by atoms with Crippen LogP contribution in [0.2, 0.25) is 0 Å². The molecule has 0 spiro atoms. The summed E-state index contributed by atoms with van der Waals surface area (Å²) in [6, 6.07) is 12.1. The molecular weight excluding hydrogens is 693 g/mol. The maximum atomic E-state index is 15.0. The summed E-state index contributed by atoms with van der Waals surface area (Å²) in [5.74, 6) is -0.955. The molecule has 1 atom stereocenters.